The van der Waals surface area contributed by atoms with E-state index in [9.17, 15) is 9.59 Å². The molecule has 1 atom stereocenters. The maximum absolute atomic E-state index is 12.7. The zero-order chi connectivity index (χ0) is 28.7. The first kappa shape index (κ1) is 28.7. The summed E-state index contributed by atoms with van der Waals surface area (Å²) in [7, 11) is 1.59. The first-order valence-electron chi connectivity index (χ1n) is 13.4. The fraction of sp³-hybridized carbons (Fsp3) is 0.400. The molecule has 40 heavy (non-hydrogen) atoms. The minimum absolute atomic E-state index is 0.150. The standard InChI is InChI=1S/C30H37N5O5/c1-6-7-8-22(11-13-31-19-36)39-27-16-23-24(17-26(27)38-5)32-18-33-28(23)34-21-9-10-25-20(15-21)12-14-35(25)29(37)40-30(2,3)4/h6,9-10,15-19,22H,1,7-8,11-14H2,2-5H3,(H,31,36)(H,32,33,34). The van der Waals surface area contributed by atoms with Crippen LogP contribution in [0.25, 0.3) is 10.9 Å². The number of benzene rings is 2. The van der Waals surface area contributed by atoms with Crippen LogP contribution in [-0.2, 0) is 16.0 Å². The van der Waals surface area contributed by atoms with Gasteiger partial charge < -0.3 is 24.8 Å². The fourth-order valence-corrected chi connectivity index (χ4v) is 4.59. The van der Waals surface area contributed by atoms with Gasteiger partial charge in [0.05, 0.1) is 18.3 Å². The highest BCUT2D eigenvalue weighted by Crippen LogP contribution is 2.37. The van der Waals surface area contributed by atoms with E-state index in [0.29, 0.717) is 48.8 Å². The molecule has 2 N–H and O–H groups in total. The van der Waals surface area contributed by atoms with Crippen molar-refractivity contribution < 1.29 is 23.8 Å². The predicted octanol–water partition coefficient (Wildman–Crippen LogP) is 5.53. The van der Waals surface area contributed by atoms with Gasteiger partial charge in [0.2, 0.25) is 6.41 Å². The smallest absolute Gasteiger partial charge is 0.414 e. The molecule has 2 amide bonds. The van der Waals surface area contributed by atoms with Crippen molar-refractivity contribution in [3.8, 4) is 11.5 Å². The van der Waals surface area contributed by atoms with Crippen LogP contribution in [0.1, 0.15) is 45.6 Å². The van der Waals surface area contributed by atoms with Gasteiger partial charge in [0, 0.05) is 36.7 Å². The summed E-state index contributed by atoms with van der Waals surface area (Å²) in [4.78, 5) is 34.0. The number of carbonyl (C=O) groups is 2. The molecule has 0 bridgehead atoms. The highest BCUT2D eigenvalue weighted by molar-refractivity contribution is 5.94. The lowest BCUT2D eigenvalue weighted by Gasteiger charge is -2.24. The first-order valence-corrected chi connectivity index (χ1v) is 13.4. The van der Waals surface area contributed by atoms with Crippen LogP contribution >= 0.6 is 0 Å². The predicted molar refractivity (Wildman–Crippen MR) is 156 cm³/mol. The highest BCUT2D eigenvalue weighted by Gasteiger charge is 2.29. The Hall–Kier alpha value is -4.34. The van der Waals surface area contributed by atoms with Crippen LogP contribution in [0, 0.1) is 0 Å². The van der Waals surface area contributed by atoms with E-state index in [-0.39, 0.29) is 12.2 Å². The molecule has 10 heteroatoms. The number of aromatic nitrogens is 2. The number of amides is 2. The molecule has 1 unspecified atom stereocenters. The van der Waals surface area contributed by atoms with Crippen molar-refractivity contribution in [3.05, 3.63) is 54.9 Å². The number of nitrogens with one attached hydrogen (secondary N) is 2. The minimum Gasteiger partial charge on any atom is -0.493 e. The Morgan fingerprint density at radius 3 is 2.73 bits per heavy atom. The molecule has 212 valence electrons. The van der Waals surface area contributed by atoms with Gasteiger partial charge in [-0.25, -0.2) is 14.8 Å². The number of allylic oxidation sites excluding steroid dienone is 1. The van der Waals surface area contributed by atoms with E-state index in [1.807, 2.05) is 57.2 Å². The summed E-state index contributed by atoms with van der Waals surface area (Å²) in [5.41, 5.74) is 2.88. The molecule has 0 radical (unpaired) electrons. The van der Waals surface area contributed by atoms with Crippen molar-refractivity contribution in [2.75, 3.05) is 30.4 Å². The maximum Gasteiger partial charge on any atom is 0.414 e. The summed E-state index contributed by atoms with van der Waals surface area (Å²) >= 11 is 0. The Kier molecular flexibility index (Phi) is 9.08. The van der Waals surface area contributed by atoms with E-state index in [0.717, 1.165) is 41.6 Å². The first-order chi connectivity index (χ1) is 19.2. The van der Waals surface area contributed by atoms with Gasteiger partial charge >= 0.3 is 6.09 Å². The van der Waals surface area contributed by atoms with Crippen LogP contribution in [0.2, 0.25) is 0 Å². The lowest BCUT2D eigenvalue weighted by Crippen LogP contribution is -2.35. The van der Waals surface area contributed by atoms with E-state index in [1.54, 1.807) is 12.0 Å². The molecule has 1 aromatic heterocycles. The second-order valence-corrected chi connectivity index (χ2v) is 10.6. The third kappa shape index (κ3) is 6.99. The third-order valence-corrected chi connectivity index (χ3v) is 6.45. The monoisotopic (exact) mass is 547 g/mol. The molecule has 0 spiro atoms. The van der Waals surface area contributed by atoms with Crippen LogP contribution in [0.3, 0.4) is 0 Å². The van der Waals surface area contributed by atoms with E-state index >= 15 is 0 Å². The number of nitrogens with zero attached hydrogens (tertiary/aromatic N) is 3. The molecule has 0 aliphatic carbocycles. The summed E-state index contributed by atoms with van der Waals surface area (Å²) in [6.45, 7) is 10.5. The topological polar surface area (TPSA) is 115 Å². The van der Waals surface area contributed by atoms with Crippen molar-refractivity contribution in [1.82, 2.24) is 15.3 Å². The Morgan fingerprint density at radius 1 is 1.18 bits per heavy atom. The van der Waals surface area contributed by atoms with Crippen molar-refractivity contribution in [3.63, 3.8) is 0 Å². The Bertz CT molecular complexity index is 1370. The van der Waals surface area contributed by atoms with Gasteiger partial charge in [-0.2, -0.15) is 0 Å². The van der Waals surface area contributed by atoms with Gasteiger partial charge in [-0.05, 0) is 69.9 Å². The summed E-state index contributed by atoms with van der Waals surface area (Å²) in [5.74, 6) is 1.74. The largest absolute Gasteiger partial charge is 0.493 e. The molecule has 1 aliphatic rings. The number of carbonyl (C=O) groups excluding carboxylic acids is 2. The SMILES string of the molecule is C=CCCC(CCNC=O)Oc1cc2c(Nc3ccc4c(c3)CCN4C(=O)OC(C)(C)C)ncnc2cc1OC. The molecule has 2 heterocycles. The molecule has 0 fully saturated rings. The van der Waals surface area contributed by atoms with Gasteiger partial charge in [-0.15, -0.1) is 6.58 Å². The molecule has 4 rings (SSSR count). The number of hydrogen-bond donors (Lipinski definition) is 2. The summed E-state index contributed by atoms with van der Waals surface area (Å²) in [5, 5.41) is 6.87. The normalized spacial score (nSPS) is 13.3. The Balaban J connectivity index is 1.59. The molecule has 0 saturated carbocycles. The average molecular weight is 548 g/mol. The summed E-state index contributed by atoms with van der Waals surface area (Å²) in [6, 6.07) is 9.57. The molecule has 10 nitrogen and oxygen atoms in total. The molecular weight excluding hydrogens is 510 g/mol. The van der Waals surface area contributed by atoms with Crippen molar-refractivity contribution in [1.29, 1.82) is 0 Å². The molecule has 2 aromatic carbocycles. The number of ether oxygens (including phenoxy) is 3. The maximum atomic E-state index is 12.7. The summed E-state index contributed by atoms with van der Waals surface area (Å²) < 4.78 is 17.5. The summed E-state index contributed by atoms with van der Waals surface area (Å²) in [6.07, 6.45) is 6.43. The van der Waals surface area contributed by atoms with E-state index < -0.39 is 5.60 Å². The zero-order valence-corrected chi connectivity index (χ0v) is 23.5. The van der Waals surface area contributed by atoms with Gasteiger partial charge in [0.1, 0.15) is 23.9 Å². The van der Waals surface area contributed by atoms with Crippen LogP contribution < -0.4 is 25.0 Å². The second kappa shape index (κ2) is 12.7. The van der Waals surface area contributed by atoms with Crippen LogP contribution in [0.4, 0.5) is 22.0 Å². The second-order valence-electron chi connectivity index (χ2n) is 10.6. The van der Waals surface area contributed by atoms with Crippen LogP contribution in [-0.4, -0.2) is 54.4 Å². The number of anilines is 3. The third-order valence-electron chi connectivity index (χ3n) is 6.45. The Labute approximate surface area is 234 Å². The van der Waals surface area contributed by atoms with E-state index in [1.165, 1.54) is 6.33 Å². The minimum atomic E-state index is -0.557. The average Bonchev–Trinajstić information content (AvgIpc) is 3.34. The van der Waals surface area contributed by atoms with Gasteiger partial charge in [0.15, 0.2) is 11.5 Å². The number of rotatable bonds is 12. The van der Waals surface area contributed by atoms with Crippen LogP contribution in [0.5, 0.6) is 11.5 Å². The zero-order valence-electron chi connectivity index (χ0n) is 23.5. The fourth-order valence-electron chi connectivity index (χ4n) is 4.59. The highest BCUT2D eigenvalue weighted by atomic mass is 16.6. The van der Waals surface area contributed by atoms with E-state index in [4.69, 9.17) is 14.2 Å². The number of hydrogen-bond acceptors (Lipinski definition) is 8. The van der Waals surface area contributed by atoms with Gasteiger partial charge in [-0.1, -0.05) is 6.08 Å². The van der Waals surface area contributed by atoms with Gasteiger partial charge in [0.25, 0.3) is 0 Å². The molecule has 0 saturated heterocycles. The number of methoxy groups -OCH3 is 1. The molecule has 1 aliphatic heterocycles. The van der Waals surface area contributed by atoms with E-state index in [2.05, 4.69) is 27.2 Å². The van der Waals surface area contributed by atoms with Crippen molar-refractivity contribution in [2.45, 2.75) is 58.2 Å². The molecule has 3 aromatic rings. The van der Waals surface area contributed by atoms with Crippen molar-refractivity contribution >= 4 is 40.6 Å². The Morgan fingerprint density at radius 2 is 2.00 bits per heavy atom. The van der Waals surface area contributed by atoms with Crippen molar-refractivity contribution in [2.24, 2.45) is 0 Å². The molecular formula is C30H37N5O5. The van der Waals surface area contributed by atoms with Crippen LogP contribution in [0.15, 0.2) is 49.3 Å². The lowest BCUT2D eigenvalue weighted by atomic mass is 10.1. The lowest BCUT2D eigenvalue weighted by molar-refractivity contribution is -0.109. The quantitative estimate of drug-likeness (QED) is 0.173. The number of fused-ring (bicyclic) bond motifs is 2. The van der Waals surface area contributed by atoms with Gasteiger partial charge in [-0.3, -0.25) is 9.69 Å².